The highest BCUT2D eigenvalue weighted by atomic mass is 32.2. The highest BCUT2D eigenvalue weighted by Crippen LogP contribution is 2.23. The average Bonchev–Trinajstić information content (AvgIpc) is 2.64. The van der Waals surface area contributed by atoms with Gasteiger partial charge in [-0.25, -0.2) is 8.42 Å². The van der Waals surface area contributed by atoms with Crippen LogP contribution in [0.2, 0.25) is 0 Å². The standard InChI is InChI=1S/C18H26N2O4S/c1-3-10-19-18(21)15-7-5-9-17(13-15)25(22,23)20-11-6-8-16(14-20)24-12-4-2/h3,5,7,9,13,16H,1,4,6,8,10-12,14H2,2H3,(H,19,21)/t16-/m0/s1. The van der Waals surface area contributed by atoms with Crippen LogP contribution >= 0.6 is 0 Å². The van der Waals surface area contributed by atoms with E-state index in [-0.39, 0.29) is 16.9 Å². The number of carbonyl (C=O) groups excluding carboxylic acids is 1. The predicted octanol–water partition coefficient (Wildman–Crippen LogP) is 2.18. The van der Waals surface area contributed by atoms with E-state index in [1.165, 1.54) is 16.4 Å². The minimum Gasteiger partial charge on any atom is -0.377 e. The lowest BCUT2D eigenvalue weighted by molar-refractivity contribution is 0.0193. The average molecular weight is 366 g/mol. The molecule has 1 aromatic rings. The van der Waals surface area contributed by atoms with Crippen LogP contribution in [-0.2, 0) is 14.8 Å². The number of nitrogens with zero attached hydrogens (tertiary/aromatic N) is 1. The van der Waals surface area contributed by atoms with Crippen molar-refractivity contribution in [3.8, 4) is 0 Å². The Kier molecular flexibility index (Phi) is 7.16. The van der Waals surface area contributed by atoms with Crippen molar-refractivity contribution >= 4 is 15.9 Å². The van der Waals surface area contributed by atoms with E-state index in [1.807, 2.05) is 6.92 Å². The van der Waals surface area contributed by atoms with Crippen molar-refractivity contribution in [2.45, 2.75) is 37.2 Å². The third-order valence-corrected chi connectivity index (χ3v) is 5.90. The number of nitrogens with one attached hydrogen (secondary N) is 1. The normalized spacial score (nSPS) is 18.7. The van der Waals surface area contributed by atoms with Crippen LogP contribution < -0.4 is 5.32 Å². The van der Waals surface area contributed by atoms with Crippen molar-refractivity contribution in [1.29, 1.82) is 0 Å². The number of carbonyl (C=O) groups is 1. The third kappa shape index (κ3) is 5.14. The Labute approximate surface area is 149 Å². The summed E-state index contributed by atoms with van der Waals surface area (Å²) < 4.78 is 33.0. The molecule has 0 spiro atoms. The molecule has 1 aromatic carbocycles. The summed E-state index contributed by atoms with van der Waals surface area (Å²) in [6.07, 6.45) is 4.05. The second-order valence-corrected chi connectivity index (χ2v) is 7.96. The molecule has 7 heteroatoms. The molecule has 1 aliphatic heterocycles. The molecule has 0 aliphatic carbocycles. The van der Waals surface area contributed by atoms with Gasteiger partial charge in [0, 0.05) is 31.8 Å². The second kappa shape index (κ2) is 9.12. The van der Waals surface area contributed by atoms with Gasteiger partial charge >= 0.3 is 0 Å². The van der Waals surface area contributed by atoms with Crippen molar-refractivity contribution in [2.75, 3.05) is 26.2 Å². The number of piperidine rings is 1. The molecule has 1 aliphatic rings. The molecular formula is C18H26N2O4S. The fourth-order valence-corrected chi connectivity index (χ4v) is 4.31. The van der Waals surface area contributed by atoms with Gasteiger partial charge in [0.2, 0.25) is 10.0 Å². The number of hydrogen-bond donors (Lipinski definition) is 1. The molecule has 6 nitrogen and oxygen atoms in total. The Morgan fingerprint density at radius 2 is 2.28 bits per heavy atom. The van der Waals surface area contributed by atoms with Gasteiger partial charge in [-0.1, -0.05) is 19.1 Å². The first kappa shape index (κ1) is 19.6. The van der Waals surface area contributed by atoms with Gasteiger partial charge in [-0.15, -0.1) is 6.58 Å². The Morgan fingerprint density at radius 1 is 1.48 bits per heavy atom. The zero-order valence-corrected chi connectivity index (χ0v) is 15.4. The Morgan fingerprint density at radius 3 is 3.00 bits per heavy atom. The summed E-state index contributed by atoms with van der Waals surface area (Å²) in [6, 6.07) is 6.13. The van der Waals surface area contributed by atoms with Gasteiger partial charge in [0.1, 0.15) is 0 Å². The van der Waals surface area contributed by atoms with E-state index in [4.69, 9.17) is 4.74 Å². The lowest BCUT2D eigenvalue weighted by atomic mass is 10.1. The molecular weight excluding hydrogens is 340 g/mol. The summed E-state index contributed by atoms with van der Waals surface area (Å²) in [7, 11) is -3.64. The van der Waals surface area contributed by atoms with Gasteiger partial charge in [0.25, 0.3) is 5.91 Å². The first-order chi connectivity index (χ1) is 12.0. The Bertz CT molecular complexity index is 703. The number of benzene rings is 1. The van der Waals surface area contributed by atoms with E-state index in [2.05, 4.69) is 11.9 Å². The fourth-order valence-electron chi connectivity index (χ4n) is 2.76. The van der Waals surface area contributed by atoms with Crippen LogP contribution in [0.4, 0.5) is 0 Å². The molecule has 1 saturated heterocycles. The maximum absolute atomic E-state index is 12.9. The molecule has 1 N–H and O–H groups in total. The summed E-state index contributed by atoms with van der Waals surface area (Å²) in [6.45, 7) is 7.37. The van der Waals surface area contributed by atoms with E-state index in [9.17, 15) is 13.2 Å². The largest absolute Gasteiger partial charge is 0.377 e. The van der Waals surface area contributed by atoms with Gasteiger partial charge < -0.3 is 10.1 Å². The Balaban J connectivity index is 2.15. The minimum atomic E-state index is -3.64. The monoisotopic (exact) mass is 366 g/mol. The van der Waals surface area contributed by atoms with Gasteiger partial charge in [0.15, 0.2) is 0 Å². The van der Waals surface area contributed by atoms with E-state index in [1.54, 1.807) is 18.2 Å². The number of rotatable bonds is 8. The van der Waals surface area contributed by atoms with E-state index in [0.29, 0.717) is 31.8 Å². The third-order valence-electron chi connectivity index (χ3n) is 4.04. The van der Waals surface area contributed by atoms with Crippen molar-refractivity contribution < 1.29 is 17.9 Å². The molecule has 2 rings (SSSR count). The molecule has 25 heavy (non-hydrogen) atoms. The number of amides is 1. The molecule has 0 bridgehead atoms. The lowest BCUT2D eigenvalue weighted by Crippen LogP contribution is -2.43. The number of hydrogen-bond acceptors (Lipinski definition) is 4. The highest BCUT2D eigenvalue weighted by molar-refractivity contribution is 7.89. The minimum absolute atomic E-state index is 0.0671. The van der Waals surface area contributed by atoms with Gasteiger partial charge in [-0.3, -0.25) is 4.79 Å². The topological polar surface area (TPSA) is 75.7 Å². The molecule has 0 unspecified atom stereocenters. The van der Waals surface area contributed by atoms with Gasteiger partial charge in [0.05, 0.1) is 11.0 Å². The van der Waals surface area contributed by atoms with E-state index < -0.39 is 10.0 Å². The highest BCUT2D eigenvalue weighted by Gasteiger charge is 2.30. The summed E-state index contributed by atoms with van der Waals surface area (Å²) in [5.74, 6) is -0.320. The maximum atomic E-state index is 12.9. The summed E-state index contributed by atoms with van der Waals surface area (Å²) in [4.78, 5) is 12.2. The molecule has 0 aromatic heterocycles. The fraction of sp³-hybridized carbons (Fsp3) is 0.500. The van der Waals surface area contributed by atoms with Crippen LogP contribution in [0.25, 0.3) is 0 Å². The number of sulfonamides is 1. The summed E-state index contributed by atoms with van der Waals surface area (Å²) in [5, 5.41) is 2.65. The Hall–Kier alpha value is -1.70. The molecule has 1 heterocycles. The summed E-state index contributed by atoms with van der Waals surface area (Å²) >= 11 is 0. The van der Waals surface area contributed by atoms with Crippen molar-refractivity contribution in [1.82, 2.24) is 9.62 Å². The molecule has 1 fully saturated rings. The first-order valence-corrected chi connectivity index (χ1v) is 10.0. The number of ether oxygens (including phenoxy) is 1. The molecule has 1 atom stereocenters. The molecule has 1 amide bonds. The molecule has 138 valence electrons. The van der Waals surface area contributed by atoms with Crippen LogP contribution in [0.3, 0.4) is 0 Å². The van der Waals surface area contributed by atoms with Gasteiger partial charge in [-0.05, 0) is 37.5 Å². The summed E-state index contributed by atoms with van der Waals surface area (Å²) in [5.41, 5.74) is 0.318. The zero-order chi connectivity index (χ0) is 18.3. The van der Waals surface area contributed by atoms with Crippen LogP contribution in [0.15, 0.2) is 41.8 Å². The van der Waals surface area contributed by atoms with Crippen LogP contribution in [0, 0.1) is 0 Å². The molecule has 0 saturated carbocycles. The van der Waals surface area contributed by atoms with Crippen molar-refractivity contribution in [3.63, 3.8) is 0 Å². The quantitative estimate of drug-likeness (QED) is 0.716. The second-order valence-electron chi connectivity index (χ2n) is 6.02. The maximum Gasteiger partial charge on any atom is 0.251 e. The smallest absolute Gasteiger partial charge is 0.251 e. The first-order valence-electron chi connectivity index (χ1n) is 8.60. The van der Waals surface area contributed by atoms with Crippen molar-refractivity contribution in [2.24, 2.45) is 0 Å². The van der Waals surface area contributed by atoms with Crippen LogP contribution in [-0.4, -0.2) is 51.0 Å². The zero-order valence-electron chi connectivity index (χ0n) is 14.6. The SMILES string of the molecule is C=CCNC(=O)c1cccc(S(=O)(=O)N2CCC[C@H](OCCC)C2)c1. The molecule has 0 radical (unpaired) electrons. The van der Waals surface area contributed by atoms with Crippen LogP contribution in [0.1, 0.15) is 36.5 Å². The van der Waals surface area contributed by atoms with Gasteiger partial charge in [-0.2, -0.15) is 4.31 Å². The lowest BCUT2D eigenvalue weighted by Gasteiger charge is -2.31. The van der Waals surface area contributed by atoms with E-state index >= 15 is 0 Å². The van der Waals surface area contributed by atoms with E-state index in [0.717, 1.165) is 19.3 Å². The predicted molar refractivity (Wildman–Crippen MR) is 97.0 cm³/mol. The van der Waals surface area contributed by atoms with Crippen LogP contribution in [0.5, 0.6) is 0 Å². The van der Waals surface area contributed by atoms with Crippen molar-refractivity contribution in [3.05, 3.63) is 42.5 Å².